The van der Waals surface area contributed by atoms with Gasteiger partial charge in [0, 0.05) is 85.4 Å². The number of carbonyl (C=O) groups is 3. The molecule has 3 fully saturated rings. The number of likely N-dealkylation sites (N-methyl/N-ethyl adjacent to an activating group) is 1. The van der Waals surface area contributed by atoms with Gasteiger partial charge in [0.1, 0.15) is 11.2 Å². The first-order valence-electron chi connectivity index (χ1n) is 21.3. The van der Waals surface area contributed by atoms with Gasteiger partial charge in [-0.3, -0.25) is 19.4 Å². The highest BCUT2D eigenvalue weighted by Crippen LogP contribution is 2.68. The molecule has 322 valence electrons. The minimum atomic E-state index is -2.32. The molecule has 2 saturated heterocycles. The number of methoxy groups -OCH3 is 3. The molecular formula is C46H57ClN4O9. The highest BCUT2D eigenvalue weighted by molar-refractivity contribution is 6.35. The van der Waals surface area contributed by atoms with Crippen molar-refractivity contribution in [3.8, 4) is 5.75 Å². The zero-order valence-electron chi connectivity index (χ0n) is 35.6. The highest BCUT2D eigenvalue weighted by atomic mass is 35.5. The van der Waals surface area contributed by atoms with Crippen LogP contribution in [0.25, 0.3) is 10.9 Å². The summed E-state index contributed by atoms with van der Waals surface area (Å²) in [5, 5.41) is 26.8. The van der Waals surface area contributed by atoms with Crippen molar-refractivity contribution in [1.29, 1.82) is 0 Å². The minimum absolute atomic E-state index is 0.135. The SMILES string of the molecule is CC[C@]1(O)C[C@H]2CN(CCc3c([nH]c4c(Cl)cccc34)[C@@](C(=O)OC)(c3cc4c(cc3OC)N(C)[C@H]3[C@@](O)(C(=O)OC)[C@H](OC(C)=O)[C@]5(CC)C=CCN6CC[C@]43[C@@H]65)C2)C1. The second-order valence-corrected chi connectivity index (χ2v) is 18.7. The lowest BCUT2D eigenvalue weighted by Gasteiger charge is -2.63. The second kappa shape index (κ2) is 14.2. The zero-order chi connectivity index (χ0) is 42.7. The Morgan fingerprint density at radius 3 is 2.43 bits per heavy atom. The molecule has 0 radical (unpaired) electrons. The number of hydrogen-bond acceptors (Lipinski definition) is 12. The number of anilines is 1. The van der Waals surface area contributed by atoms with Gasteiger partial charge in [-0.15, -0.1) is 0 Å². The van der Waals surface area contributed by atoms with Crippen molar-refractivity contribution in [2.24, 2.45) is 11.3 Å². The first-order chi connectivity index (χ1) is 28.6. The first-order valence-corrected chi connectivity index (χ1v) is 21.7. The minimum Gasteiger partial charge on any atom is -0.496 e. The van der Waals surface area contributed by atoms with E-state index in [0.29, 0.717) is 86.9 Å². The lowest BCUT2D eigenvalue weighted by Crippen LogP contribution is -2.81. The molecule has 1 aliphatic carbocycles. The molecule has 2 aromatic carbocycles. The lowest BCUT2D eigenvalue weighted by atomic mass is 9.47. The number of H-pyrrole nitrogens is 1. The van der Waals surface area contributed by atoms with Crippen LogP contribution in [0.3, 0.4) is 0 Å². The Hall–Kier alpha value is -4.14. The second-order valence-electron chi connectivity index (χ2n) is 18.3. The van der Waals surface area contributed by atoms with Crippen molar-refractivity contribution in [3.05, 3.63) is 69.9 Å². The number of ether oxygens (including phenoxy) is 4. The third kappa shape index (κ3) is 5.28. The number of nitrogens with zero attached hydrogens (tertiary/aromatic N) is 3. The van der Waals surface area contributed by atoms with Crippen molar-refractivity contribution in [2.75, 3.05) is 66.0 Å². The van der Waals surface area contributed by atoms with Crippen LogP contribution in [0.1, 0.15) is 75.3 Å². The van der Waals surface area contributed by atoms with Crippen molar-refractivity contribution in [2.45, 2.75) is 99.5 Å². The number of aliphatic hydroxyl groups is 2. The summed E-state index contributed by atoms with van der Waals surface area (Å²) in [4.78, 5) is 53.1. The third-order valence-corrected chi connectivity index (χ3v) is 16.0. The quantitative estimate of drug-likeness (QED) is 0.173. The molecule has 1 unspecified atom stereocenters. The largest absolute Gasteiger partial charge is 0.496 e. The fourth-order valence-corrected chi connectivity index (χ4v) is 13.8. The number of rotatable bonds is 7. The molecule has 9 rings (SSSR count). The highest BCUT2D eigenvalue weighted by Gasteiger charge is 2.80. The van der Waals surface area contributed by atoms with E-state index < -0.39 is 57.5 Å². The Labute approximate surface area is 355 Å². The molecule has 1 aromatic heterocycles. The van der Waals surface area contributed by atoms with Crippen molar-refractivity contribution < 1.29 is 43.5 Å². The van der Waals surface area contributed by atoms with E-state index in [-0.39, 0.29) is 18.4 Å². The maximum absolute atomic E-state index is 15.4. The predicted octanol–water partition coefficient (Wildman–Crippen LogP) is 4.64. The molecule has 6 aliphatic rings. The van der Waals surface area contributed by atoms with E-state index in [1.807, 2.05) is 62.2 Å². The van der Waals surface area contributed by atoms with Crippen LogP contribution in [0.5, 0.6) is 5.75 Å². The van der Waals surface area contributed by atoms with Gasteiger partial charge in [-0.1, -0.05) is 49.7 Å². The normalized spacial score (nSPS) is 36.6. The van der Waals surface area contributed by atoms with E-state index in [2.05, 4.69) is 20.9 Å². The van der Waals surface area contributed by atoms with Gasteiger partial charge in [-0.05, 0) is 74.2 Å². The lowest BCUT2D eigenvalue weighted by molar-refractivity contribution is -0.228. The van der Waals surface area contributed by atoms with Crippen LogP contribution in [0, 0.1) is 11.3 Å². The Kier molecular flexibility index (Phi) is 9.76. The van der Waals surface area contributed by atoms with Gasteiger partial charge in [0.2, 0.25) is 5.60 Å². The number of para-hydroxylation sites is 1. The summed E-state index contributed by atoms with van der Waals surface area (Å²) in [5.41, 5.74) is -2.20. The van der Waals surface area contributed by atoms with Gasteiger partial charge in [-0.2, -0.15) is 0 Å². The van der Waals surface area contributed by atoms with Gasteiger partial charge in [-0.25, -0.2) is 4.79 Å². The number of esters is 3. The zero-order valence-corrected chi connectivity index (χ0v) is 36.4. The third-order valence-electron chi connectivity index (χ3n) is 15.7. The molecule has 10 atom stereocenters. The molecule has 13 nitrogen and oxygen atoms in total. The summed E-state index contributed by atoms with van der Waals surface area (Å²) in [6.07, 6.45) is 5.73. The van der Waals surface area contributed by atoms with E-state index in [9.17, 15) is 19.8 Å². The summed E-state index contributed by atoms with van der Waals surface area (Å²) in [7, 11) is 6.10. The molecule has 3 N–H and O–H groups in total. The Balaban J connectivity index is 1.37. The molecule has 2 bridgehead atoms. The van der Waals surface area contributed by atoms with Gasteiger partial charge >= 0.3 is 17.9 Å². The number of aromatic nitrogens is 1. The van der Waals surface area contributed by atoms with Gasteiger partial charge in [0.25, 0.3) is 0 Å². The number of piperidine rings is 1. The molecular weight excluding hydrogens is 788 g/mol. The average molecular weight is 845 g/mol. The van der Waals surface area contributed by atoms with Crippen LogP contribution in [0.4, 0.5) is 5.69 Å². The maximum atomic E-state index is 15.4. The number of aromatic amines is 1. The molecule has 1 saturated carbocycles. The Bertz CT molecular complexity index is 2320. The van der Waals surface area contributed by atoms with E-state index in [4.69, 9.17) is 30.5 Å². The topological polar surface area (TPSA) is 154 Å². The fourth-order valence-electron chi connectivity index (χ4n) is 13.5. The molecule has 1 spiro atoms. The van der Waals surface area contributed by atoms with Crippen LogP contribution in [-0.2, 0) is 45.8 Å². The number of nitrogens with one attached hydrogen (secondary N) is 1. The van der Waals surface area contributed by atoms with Crippen LogP contribution < -0.4 is 9.64 Å². The summed E-state index contributed by atoms with van der Waals surface area (Å²) >= 11 is 6.94. The number of benzene rings is 2. The van der Waals surface area contributed by atoms with Crippen LogP contribution in [0.2, 0.25) is 5.02 Å². The van der Waals surface area contributed by atoms with Crippen LogP contribution in [-0.4, -0.2) is 133 Å². The maximum Gasteiger partial charge on any atom is 0.344 e. The first kappa shape index (κ1) is 41.2. The van der Waals surface area contributed by atoms with Gasteiger partial charge in [0.15, 0.2) is 6.10 Å². The van der Waals surface area contributed by atoms with Crippen LogP contribution >= 0.6 is 11.6 Å². The Morgan fingerprint density at radius 1 is 0.983 bits per heavy atom. The van der Waals surface area contributed by atoms with E-state index >= 15 is 4.79 Å². The standard InChI is InChI=1S/C46H57ClN4O9/c1-8-42(55)22-27-23-45(40(53)58-6,36-29(14-18-50(24-27)25-42)28-12-10-13-32(47)35(28)48-36)31-20-30-33(21-34(31)57-5)49(4)38-44(30)16-19-51-17-11-15-43(9-2,37(44)51)39(60-26(3)52)46(38,56)41(54)59-7/h10-13,15,20-21,27,37-39,48,55-56H,8-9,14,16-19,22-25H2,1-7H3/t27-,37+,38-,39-,42+,43-,44-,45+,46+/m1/s1. The number of hydrogen-bond donors (Lipinski definition) is 3. The number of halogens is 1. The summed E-state index contributed by atoms with van der Waals surface area (Å²) < 4.78 is 23.9. The van der Waals surface area contributed by atoms with Crippen LogP contribution in [0.15, 0.2) is 42.5 Å². The molecule has 14 heteroatoms. The smallest absolute Gasteiger partial charge is 0.344 e. The average Bonchev–Trinajstić information content (AvgIpc) is 3.90. The summed E-state index contributed by atoms with van der Waals surface area (Å²) in [6.45, 7) is 8.47. The number of fused-ring (bicyclic) bond motifs is 6. The molecule has 5 aliphatic heterocycles. The monoisotopic (exact) mass is 844 g/mol. The molecule has 3 aromatic rings. The molecule has 60 heavy (non-hydrogen) atoms. The van der Waals surface area contributed by atoms with E-state index in [0.717, 1.165) is 27.7 Å². The predicted molar refractivity (Wildman–Crippen MR) is 225 cm³/mol. The Morgan fingerprint density at radius 2 is 1.75 bits per heavy atom. The molecule has 6 heterocycles. The van der Waals surface area contributed by atoms with E-state index in [1.165, 1.54) is 21.1 Å². The van der Waals surface area contributed by atoms with Crippen molar-refractivity contribution in [1.82, 2.24) is 14.8 Å². The molecule has 0 amide bonds. The van der Waals surface area contributed by atoms with Crippen molar-refractivity contribution in [3.63, 3.8) is 0 Å². The van der Waals surface area contributed by atoms with Gasteiger partial charge in [0.05, 0.1) is 43.5 Å². The van der Waals surface area contributed by atoms with Crippen molar-refractivity contribution >= 4 is 46.1 Å². The fraction of sp³-hybridized carbons (Fsp3) is 0.587. The summed E-state index contributed by atoms with van der Waals surface area (Å²) in [6, 6.07) is 8.52. The summed E-state index contributed by atoms with van der Waals surface area (Å²) in [5.74, 6) is -1.69. The van der Waals surface area contributed by atoms with Gasteiger partial charge < -0.3 is 39.0 Å². The number of carbonyl (C=O) groups excluding carboxylic acids is 3. The van der Waals surface area contributed by atoms with E-state index in [1.54, 1.807) is 7.11 Å².